The Bertz CT molecular complexity index is 679. The highest BCUT2D eigenvalue weighted by Crippen LogP contribution is 2.24. The quantitative estimate of drug-likeness (QED) is 0.846. The molecule has 23 heavy (non-hydrogen) atoms. The lowest BCUT2D eigenvalue weighted by molar-refractivity contribution is -0.138. The van der Waals surface area contributed by atoms with Crippen LogP contribution in [0.25, 0.3) is 10.6 Å². The van der Waals surface area contributed by atoms with Crippen LogP contribution >= 0.6 is 11.3 Å². The summed E-state index contributed by atoms with van der Waals surface area (Å²) in [6.45, 7) is 2.33. The zero-order chi connectivity index (χ0) is 16.8. The number of carbonyl (C=O) groups is 2. The lowest BCUT2D eigenvalue weighted by Crippen LogP contribution is -2.30. The number of hydrogen-bond donors (Lipinski definition) is 1. The van der Waals surface area contributed by atoms with Crippen molar-refractivity contribution in [3.05, 3.63) is 40.9 Å². The molecule has 0 saturated carbocycles. The summed E-state index contributed by atoms with van der Waals surface area (Å²) < 4.78 is 0. The normalized spacial score (nSPS) is 10.5. The summed E-state index contributed by atoms with van der Waals surface area (Å²) in [4.78, 5) is 28.5. The molecule has 1 aromatic heterocycles. The minimum absolute atomic E-state index is 0.0473. The average molecular weight is 332 g/mol. The molecule has 0 spiro atoms. The number of amides is 1. The van der Waals surface area contributed by atoms with Crippen LogP contribution in [-0.4, -0.2) is 40.5 Å². The molecule has 0 aliphatic rings. The highest BCUT2D eigenvalue weighted by molar-refractivity contribution is 7.13. The third-order valence-electron chi connectivity index (χ3n) is 3.58. The van der Waals surface area contributed by atoms with E-state index in [0.717, 1.165) is 22.7 Å². The Morgan fingerprint density at radius 2 is 1.96 bits per heavy atom. The molecule has 1 amide bonds. The number of hydrogen-bond acceptors (Lipinski definition) is 4. The Morgan fingerprint density at radius 1 is 1.26 bits per heavy atom. The molecule has 0 bridgehead atoms. The van der Waals surface area contributed by atoms with Crippen molar-refractivity contribution in [2.24, 2.45) is 0 Å². The summed E-state index contributed by atoms with van der Waals surface area (Å²) in [5.41, 5.74) is 3.04. The first kappa shape index (κ1) is 17.1. The van der Waals surface area contributed by atoms with Gasteiger partial charge < -0.3 is 10.0 Å². The number of benzene rings is 1. The van der Waals surface area contributed by atoms with Gasteiger partial charge in [-0.05, 0) is 12.0 Å². The van der Waals surface area contributed by atoms with Crippen LogP contribution in [0.2, 0.25) is 0 Å². The molecule has 6 heteroatoms. The molecule has 0 saturated heterocycles. The summed E-state index contributed by atoms with van der Waals surface area (Å²) >= 11 is 1.51. The Morgan fingerprint density at radius 3 is 2.57 bits per heavy atom. The van der Waals surface area contributed by atoms with E-state index in [1.54, 1.807) is 7.05 Å². The second-order valence-electron chi connectivity index (χ2n) is 5.33. The van der Waals surface area contributed by atoms with Gasteiger partial charge in [0.05, 0.1) is 18.5 Å². The maximum Gasteiger partial charge on any atom is 0.305 e. The number of carbonyl (C=O) groups excluding carboxylic acids is 1. The van der Waals surface area contributed by atoms with E-state index in [4.69, 9.17) is 5.11 Å². The fraction of sp³-hybridized carbons (Fsp3) is 0.353. The zero-order valence-electron chi connectivity index (χ0n) is 13.3. The largest absolute Gasteiger partial charge is 0.481 e. The van der Waals surface area contributed by atoms with Crippen LogP contribution in [0.3, 0.4) is 0 Å². The maximum absolute atomic E-state index is 12.1. The fourth-order valence-electron chi connectivity index (χ4n) is 2.08. The van der Waals surface area contributed by atoms with E-state index in [0.29, 0.717) is 0 Å². The van der Waals surface area contributed by atoms with E-state index in [1.165, 1.54) is 21.8 Å². The third kappa shape index (κ3) is 4.89. The van der Waals surface area contributed by atoms with Crippen molar-refractivity contribution in [1.29, 1.82) is 0 Å². The molecule has 1 heterocycles. The number of rotatable bonds is 7. The summed E-state index contributed by atoms with van der Waals surface area (Å²) in [5.74, 6) is -1.03. The van der Waals surface area contributed by atoms with Gasteiger partial charge in [0.15, 0.2) is 0 Å². The van der Waals surface area contributed by atoms with Gasteiger partial charge >= 0.3 is 5.97 Å². The molecule has 0 unspecified atom stereocenters. The van der Waals surface area contributed by atoms with Crippen LogP contribution in [0.1, 0.15) is 24.6 Å². The van der Waals surface area contributed by atoms with Crippen LogP contribution in [0, 0.1) is 0 Å². The number of aromatic nitrogens is 1. The first-order chi connectivity index (χ1) is 11.0. The van der Waals surface area contributed by atoms with Crippen molar-refractivity contribution < 1.29 is 14.7 Å². The average Bonchev–Trinajstić information content (AvgIpc) is 3.01. The van der Waals surface area contributed by atoms with Gasteiger partial charge in [0, 0.05) is 24.5 Å². The molecule has 5 nitrogen and oxygen atoms in total. The van der Waals surface area contributed by atoms with Crippen molar-refractivity contribution in [2.45, 2.75) is 26.2 Å². The number of thiazole rings is 1. The highest BCUT2D eigenvalue weighted by Gasteiger charge is 2.13. The summed E-state index contributed by atoms with van der Waals surface area (Å²) in [6, 6.07) is 8.26. The van der Waals surface area contributed by atoms with E-state index < -0.39 is 5.97 Å². The molecule has 1 aromatic carbocycles. The molecule has 2 rings (SSSR count). The highest BCUT2D eigenvalue weighted by atomic mass is 32.1. The van der Waals surface area contributed by atoms with E-state index in [2.05, 4.69) is 24.0 Å². The van der Waals surface area contributed by atoms with E-state index >= 15 is 0 Å². The van der Waals surface area contributed by atoms with Gasteiger partial charge in [0.1, 0.15) is 5.01 Å². The Kier molecular flexibility index (Phi) is 5.87. The van der Waals surface area contributed by atoms with E-state index in [1.807, 2.05) is 17.5 Å². The number of nitrogens with zero attached hydrogens (tertiary/aromatic N) is 2. The van der Waals surface area contributed by atoms with Crippen molar-refractivity contribution in [1.82, 2.24) is 9.88 Å². The molecule has 122 valence electrons. The lowest BCUT2D eigenvalue weighted by Gasteiger charge is -2.15. The summed E-state index contributed by atoms with van der Waals surface area (Å²) in [5, 5.41) is 11.4. The van der Waals surface area contributed by atoms with Gasteiger partial charge in [-0.15, -0.1) is 11.3 Å². The second kappa shape index (κ2) is 7.87. The molecule has 0 aliphatic heterocycles. The molecule has 0 atom stereocenters. The molecular formula is C17H20N2O3S. The van der Waals surface area contributed by atoms with Gasteiger partial charge in [0.2, 0.25) is 5.91 Å². The second-order valence-corrected chi connectivity index (χ2v) is 6.19. The Balaban J connectivity index is 1.98. The summed E-state index contributed by atoms with van der Waals surface area (Å²) in [6.07, 6.45) is 1.15. The monoisotopic (exact) mass is 332 g/mol. The zero-order valence-corrected chi connectivity index (χ0v) is 14.1. The standard InChI is InChI=1S/C17H20N2O3S/c1-3-12-4-6-13(7-5-12)17-18-14(11-23-17)10-15(20)19(2)9-8-16(21)22/h4-7,11H,3,8-10H2,1-2H3,(H,21,22). The SMILES string of the molecule is CCc1ccc(-c2nc(CC(=O)N(C)CCC(=O)O)cs2)cc1. The van der Waals surface area contributed by atoms with Gasteiger partial charge in [0.25, 0.3) is 0 Å². The molecule has 0 fully saturated rings. The number of aryl methyl sites for hydroxylation is 1. The van der Waals surface area contributed by atoms with E-state index in [-0.39, 0.29) is 25.3 Å². The van der Waals surface area contributed by atoms with Crippen molar-refractivity contribution in [3.8, 4) is 10.6 Å². The topological polar surface area (TPSA) is 70.5 Å². The van der Waals surface area contributed by atoms with E-state index in [9.17, 15) is 9.59 Å². The number of aliphatic carboxylic acids is 1. The summed E-state index contributed by atoms with van der Waals surface area (Å²) in [7, 11) is 1.61. The molecule has 0 radical (unpaired) electrons. The van der Waals surface area contributed by atoms with Gasteiger partial charge in [-0.25, -0.2) is 4.98 Å². The predicted molar refractivity (Wildman–Crippen MR) is 90.5 cm³/mol. The predicted octanol–water partition coefficient (Wildman–Crippen LogP) is 2.85. The van der Waals surface area contributed by atoms with Gasteiger partial charge in [-0.1, -0.05) is 31.2 Å². The minimum Gasteiger partial charge on any atom is -0.481 e. The van der Waals surface area contributed by atoms with Crippen molar-refractivity contribution >= 4 is 23.2 Å². The van der Waals surface area contributed by atoms with Gasteiger partial charge in [-0.2, -0.15) is 0 Å². The van der Waals surface area contributed by atoms with Crippen LogP contribution in [0.4, 0.5) is 0 Å². The van der Waals surface area contributed by atoms with Gasteiger partial charge in [-0.3, -0.25) is 9.59 Å². The van der Waals surface area contributed by atoms with Crippen LogP contribution in [-0.2, 0) is 22.4 Å². The Hall–Kier alpha value is -2.21. The first-order valence-electron chi connectivity index (χ1n) is 7.49. The number of likely N-dealkylation sites (N-methyl/N-ethyl adjacent to an activating group) is 1. The van der Waals surface area contributed by atoms with Crippen molar-refractivity contribution in [2.75, 3.05) is 13.6 Å². The van der Waals surface area contributed by atoms with Crippen molar-refractivity contribution in [3.63, 3.8) is 0 Å². The molecule has 1 N–H and O–H groups in total. The maximum atomic E-state index is 12.1. The lowest BCUT2D eigenvalue weighted by atomic mass is 10.1. The third-order valence-corrected chi connectivity index (χ3v) is 4.52. The molecular weight excluding hydrogens is 312 g/mol. The Labute approximate surface area is 139 Å². The minimum atomic E-state index is -0.906. The van der Waals surface area contributed by atoms with Crippen LogP contribution < -0.4 is 0 Å². The van der Waals surface area contributed by atoms with Crippen LogP contribution in [0.15, 0.2) is 29.6 Å². The number of carboxylic acids is 1. The van der Waals surface area contributed by atoms with Crippen LogP contribution in [0.5, 0.6) is 0 Å². The molecule has 2 aromatic rings. The first-order valence-corrected chi connectivity index (χ1v) is 8.37. The fourth-order valence-corrected chi connectivity index (χ4v) is 2.91. The smallest absolute Gasteiger partial charge is 0.305 e. The molecule has 0 aliphatic carbocycles. The number of carboxylic acid groups (broad SMARTS) is 1.